The van der Waals surface area contributed by atoms with Crippen molar-refractivity contribution in [3.05, 3.63) is 47.2 Å². The molecule has 31 heavy (non-hydrogen) atoms. The zero-order chi connectivity index (χ0) is 22.2. The maximum absolute atomic E-state index is 13.4. The van der Waals surface area contributed by atoms with Crippen molar-refractivity contribution in [2.24, 2.45) is 10.4 Å². The first-order valence-electron chi connectivity index (χ1n) is 10.7. The maximum atomic E-state index is 13.4. The molecule has 1 atom stereocenters. The van der Waals surface area contributed by atoms with Crippen molar-refractivity contribution < 1.29 is 23.1 Å². The summed E-state index contributed by atoms with van der Waals surface area (Å²) in [7, 11) is 0. The normalized spacial score (nSPS) is 22.7. The molecule has 1 aromatic carbocycles. The molecule has 0 bridgehead atoms. The van der Waals surface area contributed by atoms with E-state index in [0.717, 1.165) is 37.1 Å². The van der Waals surface area contributed by atoms with Gasteiger partial charge in [-0.15, -0.1) is 0 Å². The van der Waals surface area contributed by atoms with Crippen molar-refractivity contribution in [2.45, 2.75) is 52.2 Å². The highest BCUT2D eigenvalue weighted by molar-refractivity contribution is 6.01. The van der Waals surface area contributed by atoms with E-state index < -0.39 is 11.6 Å². The van der Waals surface area contributed by atoms with Crippen molar-refractivity contribution in [1.82, 2.24) is 9.80 Å². The SMILES string of the molecule is CCC1CN(C(=O)C2(C)CC2)CCN1C1=CC(OCc2ccc(F)c(F)c2)=NC(=O)C1. The molecule has 2 aliphatic heterocycles. The Bertz CT molecular complexity index is 955. The first-order chi connectivity index (χ1) is 14.8. The Morgan fingerprint density at radius 3 is 2.71 bits per heavy atom. The van der Waals surface area contributed by atoms with Gasteiger partial charge in [0.2, 0.25) is 11.8 Å². The average molecular weight is 431 g/mol. The summed E-state index contributed by atoms with van der Waals surface area (Å²) in [6.45, 7) is 5.99. The van der Waals surface area contributed by atoms with E-state index in [1.54, 1.807) is 6.08 Å². The Balaban J connectivity index is 1.43. The highest BCUT2D eigenvalue weighted by Crippen LogP contribution is 2.46. The monoisotopic (exact) mass is 431 g/mol. The Labute approximate surface area is 180 Å². The largest absolute Gasteiger partial charge is 0.473 e. The molecule has 2 heterocycles. The van der Waals surface area contributed by atoms with Gasteiger partial charge in [-0.2, -0.15) is 4.99 Å². The van der Waals surface area contributed by atoms with Gasteiger partial charge in [-0.3, -0.25) is 9.59 Å². The fraction of sp³-hybridized carbons (Fsp3) is 0.522. The van der Waals surface area contributed by atoms with Crippen LogP contribution in [0, 0.1) is 17.0 Å². The van der Waals surface area contributed by atoms with Gasteiger partial charge in [-0.1, -0.05) is 19.9 Å². The summed E-state index contributed by atoms with van der Waals surface area (Å²) in [5, 5.41) is 0. The average Bonchev–Trinajstić information content (AvgIpc) is 3.51. The molecule has 3 aliphatic rings. The fourth-order valence-electron chi connectivity index (χ4n) is 4.14. The molecule has 4 rings (SSSR count). The molecule has 1 saturated heterocycles. The molecule has 166 valence electrons. The van der Waals surface area contributed by atoms with Gasteiger partial charge >= 0.3 is 0 Å². The lowest BCUT2D eigenvalue weighted by molar-refractivity contribution is -0.139. The molecule has 0 aromatic heterocycles. The summed E-state index contributed by atoms with van der Waals surface area (Å²) in [5.74, 6) is -1.78. The molecule has 0 spiro atoms. The Morgan fingerprint density at radius 1 is 1.26 bits per heavy atom. The lowest BCUT2D eigenvalue weighted by atomic mass is 10.0. The molecule has 1 unspecified atom stereocenters. The van der Waals surface area contributed by atoms with Gasteiger partial charge < -0.3 is 14.5 Å². The van der Waals surface area contributed by atoms with Crippen molar-refractivity contribution >= 4 is 17.7 Å². The van der Waals surface area contributed by atoms with Crippen LogP contribution in [0.15, 0.2) is 35.0 Å². The number of piperazine rings is 1. The van der Waals surface area contributed by atoms with Crippen molar-refractivity contribution in [2.75, 3.05) is 19.6 Å². The van der Waals surface area contributed by atoms with Crippen LogP contribution in [-0.2, 0) is 20.9 Å². The van der Waals surface area contributed by atoms with Crippen LogP contribution in [0.4, 0.5) is 8.78 Å². The van der Waals surface area contributed by atoms with Crippen LogP contribution in [-0.4, -0.2) is 53.2 Å². The van der Waals surface area contributed by atoms with Crippen LogP contribution in [0.1, 0.15) is 45.1 Å². The minimum atomic E-state index is -0.947. The number of dihydropyridines is 1. The highest BCUT2D eigenvalue weighted by Gasteiger charge is 2.48. The number of carbonyl (C=O) groups is 2. The highest BCUT2D eigenvalue weighted by atomic mass is 19.2. The van der Waals surface area contributed by atoms with Crippen LogP contribution in [0.25, 0.3) is 0 Å². The third-order valence-electron chi connectivity index (χ3n) is 6.35. The zero-order valence-electron chi connectivity index (χ0n) is 17.9. The smallest absolute Gasteiger partial charge is 0.254 e. The van der Waals surface area contributed by atoms with Crippen LogP contribution >= 0.6 is 0 Å². The van der Waals surface area contributed by atoms with E-state index in [9.17, 15) is 18.4 Å². The molecular weight excluding hydrogens is 404 g/mol. The summed E-state index contributed by atoms with van der Waals surface area (Å²) in [6, 6.07) is 3.65. The van der Waals surface area contributed by atoms with E-state index in [1.807, 2.05) is 11.8 Å². The molecule has 0 radical (unpaired) electrons. The number of amides is 2. The second-order valence-corrected chi connectivity index (χ2v) is 8.76. The van der Waals surface area contributed by atoms with Crippen LogP contribution in [0.3, 0.4) is 0 Å². The molecule has 6 nitrogen and oxygen atoms in total. The quantitative estimate of drug-likeness (QED) is 0.717. The molecule has 1 aromatic rings. The lowest BCUT2D eigenvalue weighted by Crippen LogP contribution is -2.55. The first-order valence-corrected chi connectivity index (χ1v) is 10.7. The summed E-state index contributed by atoms with van der Waals surface area (Å²) in [4.78, 5) is 33.0. The molecule has 2 fully saturated rings. The predicted octanol–water partition coefficient (Wildman–Crippen LogP) is 3.42. The number of carbonyl (C=O) groups excluding carboxylic acids is 2. The standard InChI is InChI=1S/C23H27F2N3O3/c1-3-16-13-27(22(30)23(2)6-7-23)8-9-28(16)17-11-20(29)26-21(12-17)31-14-15-4-5-18(24)19(25)10-15/h4-5,10,12,16H,3,6-9,11,13-14H2,1-2H3. The number of aliphatic imine (C=N–C) groups is 1. The number of nitrogens with zero attached hydrogens (tertiary/aromatic N) is 3. The minimum absolute atomic E-state index is 0.0227. The van der Waals surface area contributed by atoms with E-state index in [4.69, 9.17) is 4.74 Å². The predicted molar refractivity (Wildman–Crippen MR) is 111 cm³/mol. The number of rotatable bonds is 5. The van der Waals surface area contributed by atoms with Crippen LogP contribution in [0.5, 0.6) is 0 Å². The van der Waals surface area contributed by atoms with Crippen molar-refractivity contribution in [3.63, 3.8) is 0 Å². The van der Waals surface area contributed by atoms with Crippen molar-refractivity contribution in [3.8, 4) is 0 Å². The second-order valence-electron chi connectivity index (χ2n) is 8.76. The van der Waals surface area contributed by atoms with Gasteiger partial charge in [0.15, 0.2) is 11.6 Å². The molecule has 2 amide bonds. The third kappa shape index (κ3) is 4.62. The van der Waals surface area contributed by atoms with Gasteiger partial charge in [0.25, 0.3) is 5.91 Å². The molecular formula is C23H27F2N3O3. The van der Waals surface area contributed by atoms with Gasteiger partial charge in [-0.25, -0.2) is 8.78 Å². The molecule has 1 aliphatic carbocycles. The summed E-state index contributed by atoms with van der Waals surface area (Å²) in [5.41, 5.74) is 1.08. The van der Waals surface area contributed by atoms with Gasteiger partial charge in [0.05, 0.1) is 6.42 Å². The van der Waals surface area contributed by atoms with Gasteiger partial charge in [-0.05, 0) is 37.0 Å². The number of hydrogen-bond acceptors (Lipinski definition) is 4. The Hall–Kier alpha value is -2.77. The molecule has 1 saturated carbocycles. The van der Waals surface area contributed by atoms with Gasteiger partial charge in [0, 0.05) is 42.9 Å². The summed E-state index contributed by atoms with van der Waals surface area (Å²) >= 11 is 0. The van der Waals surface area contributed by atoms with Crippen molar-refractivity contribution in [1.29, 1.82) is 0 Å². The first kappa shape index (κ1) is 21.5. The molecule has 0 N–H and O–H groups in total. The second kappa shape index (κ2) is 8.40. The van der Waals surface area contributed by atoms with E-state index >= 15 is 0 Å². The van der Waals surface area contributed by atoms with E-state index in [2.05, 4.69) is 16.8 Å². The maximum Gasteiger partial charge on any atom is 0.254 e. The summed E-state index contributed by atoms with van der Waals surface area (Å²) in [6.07, 6.45) is 4.67. The topological polar surface area (TPSA) is 62.2 Å². The van der Waals surface area contributed by atoms with E-state index in [-0.39, 0.29) is 42.2 Å². The van der Waals surface area contributed by atoms with E-state index in [1.165, 1.54) is 6.07 Å². The Morgan fingerprint density at radius 2 is 2.03 bits per heavy atom. The zero-order valence-corrected chi connectivity index (χ0v) is 17.9. The minimum Gasteiger partial charge on any atom is -0.473 e. The number of benzene rings is 1. The number of ether oxygens (including phenoxy) is 1. The lowest BCUT2D eigenvalue weighted by Gasteiger charge is -2.44. The van der Waals surface area contributed by atoms with Crippen LogP contribution in [0.2, 0.25) is 0 Å². The number of hydrogen-bond donors (Lipinski definition) is 0. The van der Waals surface area contributed by atoms with Gasteiger partial charge in [0.1, 0.15) is 6.61 Å². The third-order valence-corrected chi connectivity index (χ3v) is 6.35. The Kier molecular flexibility index (Phi) is 5.81. The molecule has 8 heteroatoms. The van der Waals surface area contributed by atoms with E-state index in [0.29, 0.717) is 25.2 Å². The number of halogens is 2. The van der Waals surface area contributed by atoms with Crippen LogP contribution < -0.4 is 0 Å². The summed E-state index contributed by atoms with van der Waals surface area (Å²) < 4.78 is 32.1. The fourth-order valence-corrected chi connectivity index (χ4v) is 4.14.